The Labute approximate surface area is 175 Å². The van der Waals surface area contributed by atoms with E-state index in [0.29, 0.717) is 17.3 Å². The highest BCUT2D eigenvalue weighted by atomic mass is 19.4. The predicted molar refractivity (Wildman–Crippen MR) is 103 cm³/mol. The smallest absolute Gasteiger partial charge is 0.340 e. The van der Waals surface area contributed by atoms with Crippen LogP contribution < -0.4 is 0 Å². The largest absolute Gasteiger partial charge is 0.433 e. The number of aromatic nitrogens is 4. The molecule has 31 heavy (non-hydrogen) atoms. The van der Waals surface area contributed by atoms with Crippen molar-refractivity contribution in [2.75, 3.05) is 0 Å². The van der Waals surface area contributed by atoms with E-state index in [1.807, 2.05) is 0 Å². The predicted octanol–water partition coefficient (Wildman–Crippen LogP) is 4.23. The number of amides is 1. The summed E-state index contributed by atoms with van der Waals surface area (Å²) in [5.74, 6) is -0.945. The number of rotatable bonds is 5. The SMILES string of the molecule is Cn1cnc(C(=O)N(Cc2ccc(F)c(-c3cc(C(F)(F)F)ncn3)c2)C2CCC2)c1. The Hall–Kier alpha value is -3.30. The summed E-state index contributed by atoms with van der Waals surface area (Å²) in [4.78, 5) is 25.8. The van der Waals surface area contributed by atoms with E-state index in [4.69, 9.17) is 0 Å². The van der Waals surface area contributed by atoms with Crippen molar-refractivity contribution in [3.05, 3.63) is 65.9 Å². The number of imidazole rings is 1. The minimum absolute atomic E-state index is 0.0406. The van der Waals surface area contributed by atoms with Crippen LogP contribution in [0.1, 0.15) is 41.0 Å². The van der Waals surface area contributed by atoms with Crippen molar-refractivity contribution in [2.24, 2.45) is 7.05 Å². The van der Waals surface area contributed by atoms with Crippen molar-refractivity contribution >= 4 is 5.91 Å². The zero-order chi connectivity index (χ0) is 22.2. The number of alkyl halides is 3. The molecule has 4 rings (SSSR count). The van der Waals surface area contributed by atoms with Crippen LogP contribution in [0.2, 0.25) is 0 Å². The van der Waals surface area contributed by atoms with Gasteiger partial charge in [-0.05, 0) is 43.0 Å². The van der Waals surface area contributed by atoms with Crippen LogP contribution in [-0.2, 0) is 19.8 Å². The number of benzene rings is 1. The molecule has 6 nitrogen and oxygen atoms in total. The van der Waals surface area contributed by atoms with Gasteiger partial charge in [-0.15, -0.1) is 0 Å². The molecule has 1 fully saturated rings. The standard InChI is InChI=1S/C21H19F4N5O/c1-29-10-18(28-12-29)20(31)30(14-3-2-4-14)9-13-5-6-16(22)15(7-13)17-8-19(21(23,24)25)27-11-26-17/h5-8,10-12,14H,2-4,9H2,1H3. The van der Waals surface area contributed by atoms with Crippen LogP contribution >= 0.6 is 0 Å². The summed E-state index contributed by atoms with van der Waals surface area (Å²) < 4.78 is 55.1. The normalized spacial score (nSPS) is 14.4. The molecule has 0 unspecified atom stereocenters. The number of halogens is 4. The number of carbonyl (C=O) groups is 1. The molecule has 2 heterocycles. The summed E-state index contributed by atoms with van der Waals surface area (Å²) in [6.45, 7) is 0.185. The molecule has 0 radical (unpaired) electrons. The molecule has 1 aromatic carbocycles. The molecule has 2 aromatic heterocycles. The first-order valence-electron chi connectivity index (χ1n) is 9.69. The lowest BCUT2D eigenvalue weighted by molar-refractivity contribution is -0.141. The lowest BCUT2D eigenvalue weighted by Gasteiger charge is -2.37. The zero-order valence-corrected chi connectivity index (χ0v) is 16.6. The molecule has 1 amide bonds. The highest BCUT2D eigenvalue weighted by Crippen LogP contribution is 2.32. The van der Waals surface area contributed by atoms with Gasteiger partial charge in [-0.2, -0.15) is 13.2 Å². The van der Waals surface area contributed by atoms with Gasteiger partial charge in [0.05, 0.1) is 12.0 Å². The molecule has 0 aliphatic heterocycles. The average molecular weight is 433 g/mol. The lowest BCUT2D eigenvalue weighted by Crippen LogP contribution is -2.43. The van der Waals surface area contributed by atoms with Crippen LogP contribution in [0, 0.1) is 5.82 Å². The van der Waals surface area contributed by atoms with Gasteiger partial charge < -0.3 is 9.47 Å². The van der Waals surface area contributed by atoms with Crippen molar-refractivity contribution in [1.29, 1.82) is 0 Å². The van der Waals surface area contributed by atoms with Gasteiger partial charge in [0.25, 0.3) is 5.91 Å². The van der Waals surface area contributed by atoms with E-state index < -0.39 is 17.7 Å². The molecule has 3 aromatic rings. The van der Waals surface area contributed by atoms with Crippen molar-refractivity contribution in [2.45, 2.75) is 38.0 Å². The summed E-state index contributed by atoms with van der Waals surface area (Å²) in [6.07, 6.45) is 1.98. The van der Waals surface area contributed by atoms with Crippen LogP contribution in [-0.4, -0.2) is 36.4 Å². The van der Waals surface area contributed by atoms with E-state index in [9.17, 15) is 22.4 Å². The first-order valence-corrected chi connectivity index (χ1v) is 9.69. The van der Waals surface area contributed by atoms with Crippen LogP contribution in [0.15, 0.2) is 43.1 Å². The second kappa shape index (κ2) is 8.09. The third-order valence-corrected chi connectivity index (χ3v) is 5.32. The van der Waals surface area contributed by atoms with Crippen LogP contribution in [0.5, 0.6) is 0 Å². The molecule has 1 aliphatic rings. The van der Waals surface area contributed by atoms with Crippen molar-refractivity contribution < 1.29 is 22.4 Å². The van der Waals surface area contributed by atoms with E-state index >= 15 is 0 Å². The van der Waals surface area contributed by atoms with Crippen molar-refractivity contribution in [1.82, 2.24) is 24.4 Å². The second-order valence-electron chi connectivity index (χ2n) is 7.54. The van der Waals surface area contributed by atoms with Crippen LogP contribution in [0.3, 0.4) is 0 Å². The van der Waals surface area contributed by atoms with Gasteiger partial charge in [-0.25, -0.2) is 19.3 Å². The maximum atomic E-state index is 14.4. The molecular formula is C21H19F4N5O. The molecule has 1 aliphatic carbocycles. The van der Waals surface area contributed by atoms with Crippen molar-refractivity contribution in [3.8, 4) is 11.3 Å². The summed E-state index contributed by atoms with van der Waals surface area (Å²) in [6, 6.07) is 4.87. The van der Waals surface area contributed by atoms with E-state index in [-0.39, 0.29) is 29.8 Å². The summed E-state index contributed by atoms with van der Waals surface area (Å²) in [5, 5.41) is 0. The Morgan fingerprint density at radius 1 is 1.19 bits per heavy atom. The molecule has 0 saturated heterocycles. The highest BCUT2D eigenvalue weighted by molar-refractivity contribution is 5.92. The molecule has 0 spiro atoms. The second-order valence-corrected chi connectivity index (χ2v) is 7.54. The van der Waals surface area contributed by atoms with Gasteiger partial charge in [0, 0.05) is 31.4 Å². The van der Waals surface area contributed by atoms with E-state index in [1.54, 1.807) is 22.7 Å². The number of nitrogens with zero attached hydrogens (tertiary/aromatic N) is 5. The maximum Gasteiger partial charge on any atom is 0.433 e. The van der Waals surface area contributed by atoms with Crippen molar-refractivity contribution in [3.63, 3.8) is 0 Å². The van der Waals surface area contributed by atoms with Gasteiger partial charge in [0.1, 0.15) is 23.5 Å². The third-order valence-electron chi connectivity index (χ3n) is 5.32. The molecule has 1 saturated carbocycles. The molecular weight excluding hydrogens is 414 g/mol. The Bertz CT molecular complexity index is 1110. The monoisotopic (exact) mass is 433 g/mol. The minimum atomic E-state index is -4.66. The van der Waals surface area contributed by atoms with E-state index in [1.165, 1.54) is 24.5 Å². The average Bonchev–Trinajstić information content (AvgIpc) is 3.12. The number of hydrogen-bond acceptors (Lipinski definition) is 4. The first-order chi connectivity index (χ1) is 14.7. The summed E-state index contributed by atoms with van der Waals surface area (Å²) in [5.41, 5.74) is -0.511. The topological polar surface area (TPSA) is 63.9 Å². The fraction of sp³-hybridized carbons (Fsp3) is 0.333. The fourth-order valence-electron chi connectivity index (χ4n) is 3.46. The van der Waals surface area contributed by atoms with Gasteiger partial charge in [-0.1, -0.05) is 6.07 Å². The van der Waals surface area contributed by atoms with Gasteiger partial charge in [0.15, 0.2) is 0 Å². The lowest BCUT2D eigenvalue weighted by atomic mass is 9.90. The Balaban J connectivity index is 1.65. The van der Waals surface area contributed by atoms with E-state index in [0.717, 1.165) is 25.6 Å². The number of carbonyl (C=O) groups excluding carboxylic acids is 1. The fourth-order valence-corrected chi connectivity index (χ4v) is 3.46. The Kier molecular flexibility index (Phi) is 5.47. The summed E-state index contributed by atoms with van der Waals surface area (Å²) in [7, 11) is 1.76. The van der Waals surface area contributed by atoms with Crippen LogP contribution in [0.25, 0.3) is 11.3 Å². The summed E-state index contributed by atoms with van der Waals surface area (Å²) >= 11 is 0. The first kappa shape index (κ1) is 21.0. The maximum absolute atomic E-state index is 14.4. The van der Waals surface area contributed by atoms with Crippen LogP contribution in [0.4, 0.5) is 17.6 Å². The third kappa shape index (κ3) is 4.42. The molecule has 162 valence electrons. The Morgan fingerprint density at radius 3 is 2.58 bits per heavy atom. The zero-order valence-electron chi connectivity index (χ0n) is 16.6. The van der Waals surface area contributed by atoms with E-state index in [2.05, 4.69) is 15.0 Å². The molecule has 10 heteroatoms. The molecule has 0 atom stereocenters. The van der Waals surface area contributed by atoms with Gasteiger partial charge in [-0.3, -0.25) is 4.79 Å². The Morgan fingerprint density at radius 2 is 1.97 bits per heavy atom. The molecule has 0 N–H and O–H groups in total. The minimum Gasteiger partial charge on any atom is -0.340 e. The highest BCUT2D eigenvalue weighted by Gasteiger charge is 2.33. The number of hydrogen-bond donors (Lipinski definition) is 0. The quantitative estimate of drug-likeness (QED) is 0.565. The molecule has 0 bridgehead atoms. The van der Waals surface area contributed by atoms with Gasteiger partial charge in [0.2, 0.25) is 0 Å². The van der Waals surface area contributed by atoms with Gasteiger partial charge >= 0.3 is 6.18 Å². The number of aryl methyl sites for hydroxylation is 1.